The van der Waals surface area contributed by atoms with E-state index in [4.69, 9.17) is 11.6 Å². The average Bonchev–Trinajstić information content (AvgIpc) is 2.96. The standard InChI is InChI=1S/C16H22ClN3S/c1-5-18-11(2)15-10-19-16(21-15)20(4)12(3)13-6-8-14(17)9-7-13/h6-12,18H,5H2,1-4H3. The van der Waals surface area contributed by atoms with E-state index in [0.717, 1.165) is 16.7 Å². The maximum atomic E-state index is 5.95. The van der Waals surface area contributed by atoms with Crippen molar-refractivity contribution < 1.29 is 0 Å². The molecular weight excluding hydrogens is 302 g/mol. The summed E-state index contributed by atoms with van der Waals surface area (Å²) in [5, 5.41) is 5.23. The summed E-state index contributed by atoms with van der Waals surface area (Å²) in [6.07, 6.45) is 1.97. The number of benzene rings is 1. The second kappa shape index (κ2) is 7.25. The van der Waals surface area contributed by atoms with Gasteiger partial charge in [-0.3, -0.25) is 0 Å². The molecule has 2 rings (SSSR count). The van der Waals surface area contributed by atoms with E-state index in [1.807, 2.05) is 18.3 Å². The van der Waals surface area contributed by atoms with Crippen LogP contribution in [0.15, 0.2) is 30.5 Å². The molecule has 0 saturated carbocycles. The quantitative estimate of drug-likeness (QED) is 0.837. The predicted octanol–water partition coefficient (Wildman–Crippen LogP) is 4.66. The second-order valence-corrected chi connectivity index (χ2v) is 6.64. The topological polar surface area (TPSA) is 28.2 Å². The smallest absolute Gasteiger partial charge is 0.185 e. The number of hydrogen-bond acceptors (Lipinski definition) is 4. The molecule has 0 bridgehead atoms. The summed E-state index contributed by atoms with van der Waals surface area (Å²) in [5.41, 5.74) is 1.23. The summed E-state index contributed by atoms with van der Waals surface area (Å²) < 4.78 is 0. The minimum absolute atomic E-state index is 0.260. The van der Waals surface area contributed by atoms with E-state index in [0.29, 0.717) is 6.04 Å². The molecule has 2 aromatic rings. The van der Waals surface area contributed by atoms with Crippen LogP contribution in [0.3, 0.4) is 0 Å². The zero-order valence-electron chi connectivity index (χ0n) is 12.9. The number of halogens is 1. The van der Waals surface area contributed by atoms with Crippen molar-refractivity contribution >= 4 is 28.1 Å². The minimum atomic E-state index is 0.260. The van der Waals surface area contributed by atoms with Gasteiger partial charge in [-0.2, -0.15) is 0 Å². The number of hydrogen-bond donors (Lipinski definition) is 1. The Bertz CT molecular complexity index is 567. The highest BCUT2D eigenvalue weighted by Gasteiger charge is 2.17. The molecule has 0 spiro atoms. The molecule has 0 radical (unpaired) electrons. The van der Waals surface area contributed by atoms with Crippen molar-refractivity contribution in [1.29, 1.82) is 0 Å². The third-order valence-electron chi connectivity index (χ3n) is 3.68. The molecule has 1 aromatic heterocycles. The Morgan fingerprint density at radius 3 is 2.57 bits per heavy atom. The van der Waals surface area contributed by atoms with Gasteiger partial charge in [0, 0.05) is 29.2 Å². The lowest BCUT2D eigenvalue weighted by atomic mass is 10.1. The lowest BCUT2D eigenvalue weighted by Gasteiger charge is -2.24. The van der Waals surface area contributed by atoms with Crippen molar-refractivity contribution in [1.82, 2.24) is 10.3 Å². The Kier molecular flexibility index (Phi) is 5.62. The zero-order chi connectivity index (χ0) is 15.4. The third kappa shape index (κ3) is 3.96. The van der Waals surface area contributed by atoms with Crippen LogP contribution >= 0.6 is 22.9 Å². The predicted molar refractivity (Wildman–Crippen MR) is 92.5 cm³/mol. The Morgan fingerprint density at radius 2 is 1.95 bits per heavy atom. The Balaban J connectivity index is 2.12. The van der Waals surface area contributed by atoms with E-state index >= 15 is 0 Å². The van der Waals surface area contributed by atoms with Gasteiger partial charge in [-0.25, -0.2) is 4.98 Å². The van der Waals surface area contributed by atoms with Crippen molar-refractivity contribution in [2.75, 3.05) is 18.5 Å². The molecule has 1 N–H and O–H groups in total. The summed E-state index contributed by atoms with van der Waals surface area (Å²) in [6, 6.07) is 8.61. The lowest BCUT2D eigenvalue weighted by molar-refractivity contribution is 0.606. The maximum absolute atomic E-state index is 5.95. The molecule has 1 aromatic carbocycles. The van der Waals surface area contributed by atoms with Crippen molar-refractivity contribution in [3.63, 3.8) is 0 Å². The van der Waals surface area contributed by atoms with E-state index in [-0.39, 0.29) is 6.04 Å². The molecule has 1 heterocycles. The number of aromatic nitrogens is 1. The summed E-state index contributed by atoms with van der Waals surface area (Å²) in [6.45, 7) is 7.43. The number of nitrogens with one attached hydrogen (secondary N) is 1. The van der Waals surface area contributed by atoms with Gasteiger partial charge in [0.1, 0.15) is 0 Å². The normalized spacial score (nSPS) is 14.0. The SMILES string of the molecule is CCNC(C)c1cnc(N(C)C(C)c2ccc(Cl)cc2)s1. The van der Waals surface area contributed by atoms with Crippen LogP contribution in [0.4, 0.5) is 5.13 Å². The fourth-order valence-corrected chi connectivity index (χ4v) is 3.29. The van der Waals surface area contributed by atoms with E-state index in [2.05, 4.69) is 55.2 Å². The summed E-state index contributed by atoms with van der Waals surface area (Å²) in [4.78, 5) is 8.03. The van der Waals surface area contributed by atoms with Crippen LogP contribution in [-0.2, 0) is 0 Å². The summed E-state index contributed by atoms with van der Waals surface area (Å²) >= 11 is 7.69. The van der Waals surface area contributed by atoms with Crippen LogP contribution in [0.2, 0.25) is 5.02 Å². The first-order valence-corrected chi connectivity index (χ1v) is 8.39. The molecule has 0 amide bonds. The van der Waals surface area contributed by atoms with Crippen LogP contribution < -0.4 is 10.2 Å². The van der Waals surface area contributed by atoms with Crippen molar-refractivity contribution in [3.8, 4) is 0 Å². The minimum Gasteiger partial charge on any atom is -0.344 e. The fourth-order valence-electron chi connectivity index (χ4n) is 2.18. The van der Waals surface area contributed by atoms with Crippen molar-refractivity contribution in [3.05, 3.63) is 45.9 Å². The van der Waals surface area contributed by atoms with E-state index < -0.39 is 0 Å². The first-order valence-electron chi connectivity index (χ1n) is 7.20. The van der Waals surface area contributed by atoms with Gasteiger partial charge in [-0.15, -0.1) is 11.3 Å². The molecule has 0 aliphatic rings. The van der Waals surface area contributed by atoms with Gasteiger partial charge < -0.3 is 10.2 Å². The monoisotopic (exact) mass is 323 g/mol. The van der Waals surface area contributed by atoms with Gasteiger partial charge in [0.15, 0.2) is 5.13 Å². The second-order valence-electron chi connectivity index (χ2n) is 5.16. The van der Waals surface area contributed by atoms with Crippen LogP contribution in [0.5, 0.6) is 0 Å². The van der Waals surface area contributed by atoms with Crippen LogP contribution in [0.1, 0.15) is 43.3 Å². The Labute approximate surface area is 136 Å². The van der Waals surface area contributed by atoms with Crippen molar-refractivity contribution in [2.45, 2.75) is 32.9 Å². The molecule has 0 saturated heterocycles. The number of anilines is 1. The highest BCUT2D eigenvalue weighted by molar-refractivity contribution is 7.15. The van der Waals surface area contributed by atoms with Crippen LogP contribution in [0, 0.1) is 0 Å². The molecule has 114 valence electrons. The maximum Gasteiger partial charge on any atom is 0.185 e. The van der Waals surface area contributed by atoms with Gasteiger partial charge in [0.25, 0.3) is 0 Å². The highest BCUT2D eigenvalue weighted by atomic mass is 35.5. The number of rotatable bonds is 6. The molecular formula is C16H22ClN3S. The van der Waals surface area contributed by atoms with Gasteiger partial charge in [-0.1, -0.05) is 30.7 Å². The first kappa shape index (κ1) is 16.3. The number of nitrogens with zero attached hydrogens (tertiary/aromatic N) is 2. The lowest BCUT2D eigenvalue weighted by Crippen LogP contribution is -2.21. The summed E-state index contributed by atoms with van der Waals surface area (Å²) in [7, 11) is 2.08. The molecule has 0 aliphatic heterocycles. The molecule has 2 atom stereocenters. The number of thiazole rings is 1. The van der Waals surface area contributed by atoms with E-state index in [9.17, 15) is 0 Å². The van der Waals surface area contributed by atoms with Gasteiger partial charge in [-0.05, 0) is 38.1 Å². The molecule has 3 nitrogen and oxygen atoms in total. The van der Waals surface area contributed by atoms with Gasteiger partial charge in [0.2, 0.25) is 0 Å². The Morgan fingerprint density at radius 1 is 1.29 bits per heavy atom. The first-order chi connectivity index (χ1) is 10.0. The van der Waals surface area contributed by atoms with Crippen LogP contribution in [0.25, 0.3) is 0 Å². The van der Waals surface area contributed by atoms with E-state index in [1.54, 1.807) is 11.3 Å². The van der Waals surface area contributed by atoms with Crippen molar-refractivity contribution in [2.24, 2.45) is 0 Å². The largest absolute Gasteiger partial charge is 0.344 e. The van der Waals surface area contributed by atoms with Gasteiger partial charge in [0.05, 0.1) is 6.04 Å². The third-order valence-corrected chi connectivity index (χ3v) is 5.21. The average molecular weight is 324 g/mol. The fraction of sp³-hybridized carbons (Fsp3) is 0.438. The zero-order valence-corrected chi connectivity index (χ0v) is 14.5. The van der Waals surface area contributed by atoms with Crippen LogP contribution in [-0.4, -0.2) is 18.6 Å². The Hall–Kier alpha value is -1.10. The molecule has 21 heavy (non-hydrogen) atoms. The molecule has 2 unspecified atom stereocenters. The molecule has 0 fully saturated rings. The highest BCUT2D eigenvalue weighted by Crippen LogP contribution is 2.31. The van der Waals surface area contributed by atoms with Gasteiger partial charge >= 0.3 is 0 Å². The summed E-state index contributed by atoms with van der Waals surface area (Å²) in [5.74, 6) is 0. The van der Waals surface area contributed by atoms with E-state index in [1.165, 1.54) is 10.4 Å². The molecule has 0 aliphatic carbocycles. The molecule has 5 heteroatoms.